The summed E-state index contributed by atoms with van der Waals surface area (Å²) in [7, 11) is 0. The van der Waals surface area contributed by atoms with Crippen LogP contribution < -0.4 is 5.32 Å². The van der Waals surface area contributed by atoms with Crippen molar-refractivity contribution in [1.29, 1.82) is 0 Å². The number of nitrogens with one attached hydrogen (secondary N) is 1. The molecule has 14 heavy (non-hydrogen) atoms. The van der Waals surface area contributed by atoms with E-state index in [1.807, 2.05) is 18.7 Å². The highest BCUT2D eigenvalue weighted by molar-refractivity contribution is 7.99. The van der Waals surface area contributed by atoms with Crippen molar-refractivity contribution in [3.8, 4) is 0 Å². The van der Waals surface area contributed by atoms with Crippen LogP contribution in [0, 0.1) is 6.92 Å². The van der Waals surface area contributed by atoms with Gasteiger partial charge in [0.05, 0.1) is 6.54 Å². The van der Waals surface area contributed by atoms with Gasteiger partial charge in [-0.05, 0) is 31.4 Å². The number of aryl methyl sites for hydroxylation is 1. The van der Waals surface area contributed by atoms with Crippen LogP contribution in [0.2, 0.25) is 0 Å². The molecule has 1 heterocycles. The van der Waals surface area contributed by atoms with E-state index in [2.05, 4.69) is 22.4 Å². The molecule has 1 aromatic heterocycles. The summed E-state index contributed by atoms with van der Waals surface area (Å²) in [6, 6.07) is 0. The molecule has 0 aliphatic heterocycles. The second kappa shape index (κ2) is 6.84. The lowest BCUT2D eigenvalue weighted by Crippen LogP contribution is -2.15. The molecule has 0 aliphatic rings. The molecular weight excluding hydrogens is 198 g/mol. The first-order valence-electron chi connectivity index (χ1n) is 4.90. The zero-order chi connectivity index (χ0) is 10.2. The largest absolute Gasteiger partial charge is 0.338 e. The number of hydrogen-bond acceptors (Lipinski definition) is 5. The van der Waals surface area contributed by atoms with Crippen molar-refractivity contribution in [3.63, 3.8) is 0 Å². The van der Waals surface area contributed by atoms with Crippen LogP contribution in [-0.2, 0) is 6.54 Å². The molecule has 5 heteroatoms. The summed E-state index contributed by atoms with van der Waals surface area (Å²) in [5.41, 5.74) is 0. The van der Waals surface area contributed by atoms with Crippen LogP contribution in [0.4, 0.5) is 0 Å². The van der Waals surface area contributed by atoms with Crippen molar-refractivity contribution < 1.29 is 4.52 Å². The van der Waals surface area contributed by atoms with E-state index in [4.69, 9.17) is 4.52 Å². The minimum absolute atomic E-state index is 0.672. The number of rotatable bonds is 7. The zero-order valence-corrected chi connectivity index (χ0v) is 9.56. The minimum Gasteiger partial charge on any atom is -0.338 e. The number of thioether (sulfide) groups is 1. The van der Waals surface area contributed by atoms with Crippen LogP contribution in [0.3, 0.4) is 0 Å². The third-order valence-corrected chi connectivity index (χ3v) is 2.68. The average Bonchev–Trinajstić information content (AvgIpc) is 2.58. The Kier molecular flexibility index (Phi) is 5.63. The van der Waals surface area contributed by atoms with Crippen LogP contribution in [-0.4, -0.2) is 28.2 Å². The Morgan fingerprint density at radius 1 is 1.50 bits per heavy atom. The van der Waals surface area contributed by atoms with Crippen molar-refractivity contribution in [2.75, 3.05) is 18.1 Å². The smallest absolute Gasteiger partial charge is 0.240 e. The first kappa shape index (κ1) is 11.5. The Balaban J connectivity index is 1.99. The number of hydrogen-bond donors (Lipinski definition) is 1. The van der Waals surface area contributed by atoms with E-state index in [-0.39, 0.29) is 0 Å². The average molecular weight is 215 g/mol. The fraction of sp³-hybridized carbons (Fsp3) is 0.778. The van der Waals surface area contributed by atoms with Crippen LogP contribution >= 0.6 is 11.8 Å². The summed E-state index contributed by atoms with van der Waals surface area (Å²) in [6.07, 6.45) is 1.19. The topological polar surface area (TPSA) is 51.0 Å². The summed E-state index contributed by atoms with van der Waals surface area (Å²) in [4.78, 5) is 4.10. The summed E-state index contributed by atoms with van der Waals surface area (Å²) >= 11 is 1.97. The van der Waals surface area contributed by atoms with E-state index in [9.17, 15) is 0 Å². The molecule has 0 atom stereocenters. The molecule has 0 aromatic carbocycles. The Labute approximate surface area is 88.8 Å². The van der Waals surface area contributed by atoms with Gasteiger partial charge in [-0.2, -0.15) is 16.7 Å². The van der Waals surface area contributed by atoms with E-state index < -0.39 is 0 Å². The highest BCUT2D eigenvalue weighted by Gasteiger charge is 2.00. The monoisotopic (exact) mass is 215 g/mol. The molecule has 0 spiro atoms. The molecule has 0 radical (unpaired) electrons. The third-order valence-electron chi connectivity index (χ3n) is 1.69. The lowest BCUT2D eigenvalue weighted by molar-refractivity contribution is 0.364. The van der Waals surface area contributed by atoms with E-state index in [0.29, 0.717) is 18.3 Å². The van der Waals surface area contributed by atoms with Gasteiger partial charge in [0.1, 0.15) is 0 Å². The van der Waals surface area contributed by atoms with Crippen molar-refractivity contribution in [3.05, 3.63) is 11.7 Å². The number of nitrogens with zero attached hydrogens (tertiary/aromatic N) is 2. The molecule has 0 amide bonds. The maximum Gasteiger partial charge on any atom is 0.240 e. The summed E-state index contributed by atoms with van der Waals surface area (Å²) in [5, 5.41) is 6.98. The summed E-state index contributed by atoms with van der Waals surface area (Å²) < 4.78 is 4.96. The first-order chi connectivity index (χ1) is 6.83. The predicted molar refractivity (Wildman–Crippen MR) is 58.4 cm³/mol. The van der Waals surface area contributed by atoms with Crippen LogP contribution in [0.25, 0.3) is 0 Å². The normalized spacial score (nSPS) is 10.7. The zero-order valence-electron chi connectivity index (χ0n) is 8.75. The highest BCUT2D eigenvalue weighted by atomic mass is 32.2. The van der Waals surface area contributed by atoms with E-state index in [0.717, 1.165) is 6.54 Å². The lowest BCUT2D eigenvalue weighted by Gasteiger charge is -2.00. The second-order valence-electron chi connectivity index (χ2n) is 2.96. The second-order valence-corrected chi connectivity index (χ2v) is 4.36. The fourth-order valence-corrected chi connectivity index (χ4v) is 1.69. The molecule has 0 bridgehead atoms. The highest BCUT2D eigenvalue weighted by Crippen LogP contribution is 2.00. The fourth-order valence-electron chi connectivity index (χ4n) is 1.05. The SMILES string of the molecule is CCSCCCNCc1nc(C)no1. The van der Waals surface area contributed by atoms with Gasteiger partial charge in [0, 0.05) is 0 Å². The van der Waals surface area contributed by atoms with Gasteiger partial charge in [-0.1, -0.05) is 12.1 Å². The Morgan fingerprint density at radius 3 is 3.00 bits per heavy atom. The molecule has 1 aromatic rings. The first-order valence-corrected chi connectivity index (χ1v) is 6.06. The van der Waals surface area contributed by atoms with Gasteiger partial charge in [-0.15, -0.1) is 0 Å². The molecular formula is C9H17N3OS. The Hall–Kier alpha value is -0.550. The molecule has 80 valence electrons. The maximum absolute atomic E-state index is 4.96. The lowest BCUT2D eigenvalue weighted by atomic mass is 10.4. The molecule has 0 saturated heterocycles. The van der Waals surface area contributed by atoms with E-state index in [1.165, 1.54) is 17.9 Å². The quantitative estimate of drug-likeness (QED) is 0.700. The van der Waals surface area contributed by atoms with Crippen LogP contribution in [0.15, 0.2) is 4.52 Å². The van der Waals surface area contributed by atoms with Crippen LogP contribution in [0.1, 0.15) is 25.1 Å². The van der Waals surface area contributed by atoms with Gasteiger partial charge in [0.25, 0.3) is 0 Å². The molecule has 1 rings (SSSR count). The van der Waals surface area contributed by atoms with Gasteiger partial charge in [0.2, 0.25) is 5.89 Å². The minimum atomic E-state index is 0.672. The van der Waals surface area contributed by atoms with Crippen molar-refractivity contribution in [2.45, 2.75) is 26.8 Å². The van der Waals surface area contributed by atoms with Crippen molar-refractivity contribution in [1.82, 2.24) is 15.5 Å². The third kappa shape index (κ3) is 4.62. The number of aromatic nitrogens is 2. The Morgan fingerprint density at radius 2 is 2.36 bits per heavy atom. The molecule has 4 nitrogen and oxygen atoms in total. The van der Waals surface area contributed by atoms with Gasteiger partial charge in [0.15, 0.2) is 5.82 Å². The summed E-state index contributed by atoms with van der Waals surface area (Å²) in [6.45, 7) is 5.69. The predicted octanol–water partition coefficient (Wildman–Crippen LogP) is 1.61. The van der Waals surface area contributed by atoms with E-state index in [1.54, 1.807) is 0 Å². The Bertz CT molecular complexity index is 252. The van der Waals surface area contributed by atoms with Gasteiger partial charge in [-0.25, -0.2) is 0 Å². The van der Waals surface area contributed by atoms with Crippen molar-refractivity contribution >= 4 is 11.8 Å². The standard InChI is InChI=1S/C9H17N3OS/c1-3-14-6-4-5-10-7-9-11-8(2)12-13-9/h10H,3-7H2,1-2H3. The molecule has 0 aliphatic carbocycles. The van der Waals surface area contributed by atoms with E-state index >= 15 is 0 Å². The van der Waals surface area contributed by atoms with Gasteiger partial charge in [-0.3, -0.25) is 0 Å². The molecule has 0 unspecified atom stereocenters. The molecule has 0 saturated carbocycles. The molecule has 0 fully saturated rings. The summed E-state index contributed by atoms with van der Waals surface area (Å²) in [5.74, 6) is 3.78. The maximum atomic E-state index is 4.96. The molecule has 1 N–H and O–H groups in total. The van der Waals surface area contributed by atoms with Crippen LogP contribution in [0.5, 0.6) is 0 Å². The van der Waals surface area contributed by atoms with Crippen molar-refractivity contribution in [2.24, 2.45) is 0 Å². The van der Waals surface area contributed by atoms with Gasteiger partial charge < -0.3 is 9.84 Å². The van der Waals surface area contributed by atoms with Gasteiger partial charge >= 0.3 is 0 Å².